The number of benzene rings is 1. The monoisotopic (exact) mass is 517 g/mol. The van der Waals surface area contributed by atoms with Gasteiger partial charge in [0, 0.05) is 55.5 Å². The molecule has 2 aliphatic rings. The zero-order chi connectivity index (χ0) is 26.4. The minimum atomic E-state index is -0.707. The maximum absolute atomic E-state index is 13.3. The van der Waals surface area contributed by atoms with Crippen LogP contribution in [0.25, 0.3) is 0 Å². The van der Waals surface area contributed by atoms with Gasteiger partial charge in [-0.1, -0.05) is 29.8 Å². The van der Waals surface area contributed by atoms with Gasteiger partial charge in [-0.05, 0) is 45.4 Å². The highest BCUT2D eigenvalue weighted by atomic mass is 35.5. The lowest BCUT2D eigenvalue weighted by atomic mass is 9.94. The van der Waals surface area contributed by atoms with E-state index in [2.05, 4.69) is 22.1 Å². The van der Waals surface area contributed by atoms with Crippen molar-refractivity contribution >= 4 is 29.6 Å². The van der Waals surface area contributed by atoms with Gasteiger partial charge in [0.1, 0.15) is 0 Å². The fourth-order valence-corrected chi connectivity index (χ4v) is 4.80. The van der Waals surface area contributed by atoms with Crippen LogP contribution in [0.15, 0.2) is 48.2 Å². The summed E-state index contributed by atoms with van der Waals surface area (Å²) < 4.78 is 5.44. The highest BCUT2D eigenvalue weighted by Gasteiger charge is 2.39. The highest BCUT2D eigenvalue weighted by molar-refractivity contribution is 6.30. The predicted octanol–water partition coefficient (Wildman–Crippen LogP) is 3.53. The average molecular weight is 518 g/mol. The molecule has 196 valence electrons. The van der Waals surface area contributed by atoms with E-state index in [-0.39, 0.29) is 37.3 Å². The Morgan fingerprint density at radius 3 is 2.69 bits per heavy atom. The molecule has 36 heavy (non-hydrogen) atoms. The summed E-state index contributed by atoms with van der Waals surface area (Å²) in [6.45, 7) is 13.9. The van der Waals surface area contributed by atoms with Crippen molar-refractivity contribution in [1.82, 2.24) is 25.3 Å². The fraction of sp³-hybridized carbons (Fsp3) is 0.500. The van der Waals surface area contributed by atoms with Gasteiger partial charge >= 0.3 is 18.0 Å². The van der Waals surface area contributed by atoms with Crippen LogP contribution in [-0.2, 0) is 9.53 Å². The van der Waals surface area contributed by atoms with Crippen molar-refractivity contribution in [2.24, 2.45) is 0 Å². The number of carbonyl (C=O) groups excluding carboxylic acids is 3. The molecule has 0 aromatic heterocycles. The summed E-state index contributed by atoms with van der Waals surface area (Å²) in [6.07, 6.45) is 1.62. The Kier molecular flexibility index (Phi) is 9.39. The molecule has 4 amide bonds. The summed E-state index contributed by atoms with van der Waals surface area (Å²) >= 11 is 6.23. The molecule has 1 saturated heterocycles. The molecule has 9 nitrogen and oxygen atoms in total. The molecule has 3 rings (SSSR count). The number of hydrogen-bond acceptors (Lipinski definition) is 5. The first-order valence-corrected chi connectivity index (χ1v) is 12.7. The molecule has 2 atom stereocenters. The minimum absolute atomic E-state index is 0.0434. The van der Waals surface area contributed by atoms with Gasteiger partial charge in [0.15, 0.2) is 0 Å². The molecule has 2 heterocycles. The van der Waals surface area contributed by atoms with Crippen LogP contribution in [0, 0.1) is 0 Å². The number of nitrogens with one attached hydrogen (secondary N) is 2. The molecule has 0 aliphatic carbocycles. The van der Waals surface area contributed by atoms with Gasteiger partial charge in [-0.25, -0.2) is 14.4 Å². The van der Waals surface area contributed by atoms with Gasteiger partial charge in [-0.3, -0.25) is 9.80 Å². The Morgan fingerprint density at radius 2 is 2.08 bits per heavy atom. The summed E-state index contributed by atoms with van der Waals surface area (Å²) in [5.74, 6) is -0.491. The number of amides is 4. The molecular formula is C26H36ClN5O4. The smallest absolute Gasteiger partial charge is 0.338 e. The number of esters is 1. The van der Waals surface area contributed by atoms with Crippen LogP contribution in [0.5, 0.6) is 0 Å². The average Bonchev–Trinajstić information content (AvgIpc) is 2.80. The normalized spacial score (nSPS) is 20.9. The van der Waals surface area contributed by atoms with E-state index in [0.717, 1.165) is 0 Å². The zero-order valence-electron chi connectivity index (χ0n) is 21.4. The fourth-order valence-electron chi connectivity index (χ4n) is 4.60. The van der Waals surface area contributed by atoms with Gasteiger partial charge in [0.05, 0.1) is 18.2 Å². The van der Waals surface area contributed by atoms with Crippen molar-refractivity contribution in [3.8, 4) is 0 Å². The Bertz CT molecular complexity index is 1030. The van der Waals surface area contributed by atoms with Crippen LogP contribution < -0.4 is 10.6 Å². The third-order valence-electron chi connectivity index (χ3n) is 6.19. The molecule has 0 saturated carbocycles. The first-order valence-electron chi connectivity index (χ1n) is 12.3. The molecule has 0 radical (unpaired) electrons. The van der Waals surface area contributed by atoms with Crippen molar-refractivity contribution in [3.63, 3.8) is 0 Å². The number of ether oxygens (including phenoxy) is 1. The van der Waals surface area contributed by atoms with E-state index in [0.29, 0.717) is 48.0 Å². The summed E-state index contributed by atoms with van der Waals surface area (Å²) in [4.78, 5) is 44.6. The summed E-state index contributed by atoms with van der Waals surface area (Å²) in [5, 5.41) is 6.40. The number of rotatable bonds is 8. The van der Waals surface area contributed by atoms with Gasteiger partial charge in [0.2, 0.25) is 0 Å². The Hall–Kier alpha value is -3.04. The zero-order valence-corrected chi connectivity index (χ0v) is 22.2. The number of carbonyl (C=O) groups is 3. The lowest BCUT2D eigenvalue weighted by Crippen LogP contribution is -2.58. The van der Waals surface area contributed by atoms with Crippen LogP contribution >= 0.6 is 11.6 Å². The SMILES string of the molecule is C=CCN1C(=O)N[C@H](c2cccc(Cl)c2)C(C(=O)OCC)=C1CN1CCN(C(=O)NC(C)C)[C@@H](C)C1. The topological polar surface area (TPSA) is 94.2 Å². The van der Waals surface area contributed by atoms with E-state index in [1.165, 1.54) is 4.90 Å². The van der Waals surface area contributed by atoms with Gasteiger partial charge in [0.25, 0.3) is 0 Å². The summed E-state index contributed by atoms with van der Waals surface area (Å²) in [7, 11) is 0. The first kappa shape index (κ1) is 27.5. The van der Waals surface area contributed by atoms with Crippen LogP contribution in [0.4, 0.5) is 9.59 Å². The number of hydrogen-bond donors (Lipinski definition) is 2. The number of nitrogens with zero attached hydrogens (tertiary/aromatic N) is 3. The van der Waals surface area contributed by atoms with Crippen molar-refractivity contribution in [2.75, 3.05) is 39.3 Å². The van der Waals surface area contributed by atoms with E-state index in [4.69, 9.17) is 16.3 Å². The second-order valence-electron chi connectivity index (χ2n) is 9.30. The van der Waals surface area contributed by atoms with Crippen LogP contribution in [0.2, 0.25) is 5.02 Å². The lowest BCUT2D eigenvalue weighted by molar-refractivity contribution is -0.139. The van der Waals surface area contributed by atoms with Crippen molar-refractivity contribution in [1.29, 1.82) is 0 Å². The maximum Gasteiger partial charge on any atom is 0.338 e. The Labute approximate surface area is 218 Å². The summed E-state index contributed by atoms with van der Waals surface area (Å²) in [5.41, 5.74) is 1.63. The van der Waals surface area contributed by atoms with Gasteiger partial charge in [-0.2, -0.15) is 0 Å². The maximum atomic E-state index is 13.3. The van der Waals surface area contributed by atoms with Gasteiger partial charge < -0.3 is 20.3 Å². The van der Waals surface area contributed by atoms with Crippen LogP contribution in [0.3, 0.4) is 0 Å². The van der Waals surface area contributed by atoms with Crippen molar-refractivity contribution in [3.05, 3.63) is 58.8 Å². The number of piperazine rings is 1. The number of halogens is 1. The van der Waals surface area contributed by atoms with Crippen LogP contribution in [0.1, 0.15) is 39.3 Å². The lowest BCUT2D eigenvalue weighted by Gasteiger charge is -2.43. The molecular weight excluding hydrogens is 482 g/mol. The molecule has 0 unspecified atom stereocenters. The molecule has 2 aliphatic heterocycles. The molecule has 1 aromatic carbocycles. The standard InChI is InChI=1S/C26H36ClN5O4/c1-6-11-32-21(16-30-12-13-31(18(5)15-30)25(34)28-17(3)4)22(24(33)36-7-2)23(29-26(32)35)19-9-8-10-20(27)14-19/h6,8-10,14,17-18,23H,1,7,11-13,15-16H2,2-5H3,(H,28,34)(H,29,35)/t18-,23+/m0/s1. The highest BCUT2D eigenvalue weighted by Crippen LogP contribution is 2.33. The molecule has 2 N–H and O–H groups in total. The Morgan fingerprint density at radius 1 is 1.33 bits per heavy atom. The van der Waals surface area contributed by atoms with E-state index in [1.54, 1.807) is 31.2 Å². The van der Waals surface area contributed by atoms with Crippen LogP contribution in [-0.4, -0.2) is 84.1 Å². The molecule has 1 aromatic rings. The first-order chi connectivity index (χ1) is 17.2. The van der Waals surface area contributed by atoms with E-state index in [9.17, 15) is 14.4 Å². The molecule has 1 fully saturated rings. The van der Waals surface area contributed by atoms with Gasteiger partial charge in [-0.15, -0.1) is 6.58 Å². The van der Waals surface area contributed by atoms with E-state index < -0.39 is 12.0 Å². The molecule has 0 spiro atoms. The third-order valence-corrected chi connectivity index (χ3v) is 6.42. The number of urea groups is 2. The predicted molar refractivity (Wildman–Crippen MR) is 140 cm³/mol. The van der Waals surface area contributed by atoms with E-state index >= 15 is 0 Å². The quantitative estimate of drug-likeness (QED) is 0.406. The van der Waals surface area contributed by atoms with E-state index in [1.807, 2.05) is 31.7 Å². The van der Waals surface area contributed by atoms with Crippen molar-refractivity contribution in [2.45, 2.75) is 45.8 Å². The minimum Gasteiger partial charge on any atom is -0.463 e. The molecule has 10 heteroatoms. The largest absolute Gasteiger partial charge is 0.463 e. The third kappa shape index (κ3) is 6.39. The summed E-state index contributed by atoms with van der Waals surface area (Å²) in [6, 6.07) is 5.97. The molecule has 0 bridgehead atoms. The second kappa shape index (κ2) is 12.3. The second-order valence-corrected chi connectivity index (χ2v) is 9.74. The Balaban J connectivity index is 1.97. The van der Waals surface area contributed by atoms with Crippen molar-refractivity contribution < 1.29 is 19.1 Å².